The molecule has 0 aromatic heterocycles. The Labute approximate surface area is 205 Å². The smallest absolute Gasteiger partial charge is 0.407 e. The predicted molar refractivity (Wildman–Crippen MR) is 130 cm³/mol. The number of methoxy groups -OCH3 is 1. The van der Waals surface area contributed by atoms with E-state index in [-0.39, 0.29) is 37.4 Å². The number of nitrogens with zero attached hydrogens (tertiary/aromatic N) is 1. The summed E-state index contributed by atoms with van der Waals surface area (Å²) in [6, 6.07) is 15.1. The molecule has 0 radical (unpaired) electrons. The second-order valence-electron chi connectivity index (χ2n) is 9.07. The molecule has 0 saturated carbocycles. The molecule has 2 unspecified atom stereocenters. The number of hydrogen-bond acceptors (Lipinski definition) is 5. The van der Waals surface area contributed by atoms with Crippen LogP contribution in [0.15, 0.2) is 48.5 Å². The Morgan fingerprint density at radius 2 is 1.69 bits per heavy atom. The molecule has 186 valence electrons. The lowest BCUT2D eigenvalue weighted by atomic mass is 9.98. The van der Waals surface area contributed by atoms with Gasteiger partial charge >= 0.3 is 12.1 Å². The van der Waals surface area contributed by atoms with E-state index >= 15 is 0 Å². The molecule has 2 N–H and O–H groups in total. The van der Waals surface area contributed by atoms with Crippen molar-refractivity contribution >= 4 is 18.0 Å². The fourth-order valence-electron chi connectivity index (χ4n) is 5.05. The third kappa shape index (κ3) is 5.82. The number of amides is 2. The molecule has 1 aliphatic carbocycles. The minimum Gasteiger partial charge on any atom is -0.481 e. The van der Waals surface area contributed by atoms with Gasteiger partial charge in [-0.1, -0.05) is 48.5 Å². The molecule has 1 fully saturated rings. The summed E-state index contributed by atoms with van der Waals surface area (Å²) >= 11 is 0. The summed E-state index contributed by atoms with van der Waals surface area (Å²) in [7, 11) is 1.66. The Kier molecular flexibility index (Phi) is 8.02. The van der Waals surface area contributed by atoms with Gasteiger partial charge in [0, 0.05) is 32.5 Å². The summed E-state index contributed by atoms with van der Waals surface area (Å²) in [4.78, 5) is 38.8. The van der Waals surface area contributed by atoms with Crippen LogP contribution >= 0.6 is 0 Å². The Bertz CT molecular complexity index is 1030. The van der Waals surface area contributed by atoms with Crippen molar-refractivity contribution in [1.82, 2.24) is 10.2 Å². The van der Waals surface area contributed by atoms with Gasteiger partial charge < -0.3 is 24.8 Å². The first-order chi connectivity index (χ1) is 17.0. The normalized spacial score (nSPS) is 18.2. The second-order valence-corrected chi connectivity index (χ2v) is 9.07. The van der Waals surface area contributed by atoms with E-state index in [9.17, 15) is 14.4 Å². The minimum absolute atomic E-state index is 0.00255. The van der Waals surface area contributed by atoms with Crippen molar-refractivity contribution in [1.29, 1.82) is 0 Å². The Hall–Kier alpha value is -3.39. The van der Waals surface area contributed by atoms with Crippen LogP contribution < -0.4 is 5.32 Å². The highest BCUT2D eigenvalue weighted by molar-refractivity contribution is 5.86. The first-order valence-corrected chi connectivity index (χ1v) is 12.1. The van der Waals surface area contributed by atoms with Gasteiger partial charge in [0.15, 0.2) is 0 Å². The van der Waals surface area contributed by atoms with Gasteiger partial charge in [0.2, 0.25) is 5.91 Å². The lowest BCUT2D eigenvalue weighted by Gasteiger charge is -2.26. The van der Waals surface area contributed by atoms with Crippen LogP contribution in [0.2, 0.25) is 0 Å². The Balaban J connectivity index is 1.41. The first kappa shape index (κ1) is 24.7. The predicted octanol–water partition coefficient (Wildman–Crippen LogP) is 3.79. The monoisotopic (exact) mass is 480 g/mol. The molecule has 2 amide bonds. The third-order valence-electron chi connectivity index (χ3n) is 6.90. The fraction of sp³-hybridized carbons (Fsp3) is 0.444. The molecule has 8 heteroatoms. The standard InChI is InChI=1S/C27H32N2O6/c1-34-18-7-6-15-29(16-14-18)26(32)24(12-13-25(30)31)28-27(33)35-17-23-21-10-4-2-8-19(21)20-9-3-5-11-22(20)23/h2-5,8-11,18,23-24H,6-7,12-17H2,1H3,(H,28,33)(H,30,31). The van der Waals surface area contributed by atoms with Crippen molar-refractivity contribution in [2.24, 2.45) is 0 Å². The molecule has 0 spiro atoms. The molecular weight excluding hydrogens is 448 g/mol. The minimum atomic E-state index is -1.02. The quantitative estimate of drug-likeness (QED) is 0.596. The van der Waals surface area contributed by atoms with Gasteiger partial charge in [-0.3, -0.25) is 9.59 Å². The van der Waals surface area contributed by atoms with E-state index in [0.29, 0.717) is 19.5 Å². The van der Waals surface area contributed by atoms with E-state index in [4.69, 9.17) is 14.6 Å². The number of carbonyl (C=O) groups is 3. The van der Waals surface area contributed by atoms with E-state index in [1.807, 2.05) is 36.4 Å². The topological polar surface area (TPSA) is 105 Å². The summed E-state index contributed by atoms with van der Waals surface area (Å²) < 4.78 is 11.0. The van der Waals surface area contributed by atoms with Gasteiger partial charge in [-0.15, -0.1) is 0 Å². The molecule has 2 aromatic rings. The summed E-state index contributed by atoms with van der Waals surface area (Å²) in [5, 5.41) is 11.8. The van der Waals surface area contributed by atoms with Crippen molar-refractivity contribution in [2.75, 3.05) is 26.8 Å². The van der Waals surface area contributed by atoms with Crippen LogP contribution in [0, 0.1) is 0 Å². The number of ether oxygens (including phenoxy) is 2. The molecule has 2 aliphatic rings. The maximum atomic E-state index is 13.2. The number of alkyl carbamates (subject to hydrolysis) is 1. The number of rotatable bonds is 8. The highest BCUT2D eigenvalue weighted by Gasteiger charge is 2.31. The number of benzene rings is 2. The molecule has 2 atom stereocenters. The average molecular weight is 481 g/mol. The fourth-order valence-corrected chi connectivity index (χ4v) is 5.05. The SMILES string of the molecule is COC1CCCN(C(=O)C(CCC(=O)O)NC(=O)OCC2c3ccccc3-c3ccccc32)CC1. The van der Waals surface area contributed by atoms with Gasteiger partial charge in [-0.25, -0.2) is 4.79 Å². The number of nitrogens with one attached hydrogen (secondary N) is 1. The largest absolute Gasteiger partial charge is 0.481 e. The zero-order chi connectivity index (χ0) is 24.8. The van der Waals surface area contributed by atoms with Crippen LogP contribution in [0.4, 0.5) is 4.79 Å². The van der Waals surface area contributed by atoms with Gasteiger partial charge in [-0.2, -0.15) is 0 Å². The Morgan fingerprint density at radius 1 is 1.03 bits per heavy atom. The highest BCUT2D eigenvalue weighted by Crippen LogP contribution is 2.44. The third-order valence-corrected chi connectivity index (χ3v) is 6.90. The summed E-state index contributed by atoms with van der Waals surface area (Å²) in [5.41, 5.74) is 4.44. The van der Waals surface area contributed by atoms with E-state index < -0.39 is 18.1 Å². The first-order valence-electron chi connectivity index (χ1n) is 12.1. The molecule has 35 heavy (non-hydrogen) atoms. The molecule has 1 heterocycles. The second kappa shape index (κ2) is 11.4. The van der Waals surface area contributed by atoms with Crippen LogP contribution in [-0.4, -0.2) is 66.9 Å². The van der Waals surface area contributed by atoms with Crippen molar-refractivity contribution in [2.45, 2.75) is 50.2 Å². The zero-order valence-electron chi connectivity index (χ0n) is 19.9. The maximum Gasteiger partial charge on any atom is 0.407 e. The zero-order valence-corrected chi connectivity index (χ0v) is 19.9. The molecule has 2 aromatic carbocycles. The number of fused-ring (bicyclic) bond motifs is 3. The number of likely N-dealkylation sites (tertiary alicyclic amines) is 1. The van der Waals surface area contributed by atoms with Gasteiger partial charge in [-0.05, 0) is 47.9 Å². The number of carboxylic acids is 1. The van der Waals surface area contributed by atoms with Gasteiger partial charge in [0.25, 0.3) is 0 Å². The van der Waals surface area contributed by atoms with Gasteiger partial charge in [0.05, 0.1) is 6.10 Å². The van der Waals surface area contributed by atoms with Crippen LogP contribution in [0.25, 0.3) is 11.1 Å². The number of aliphatic carboxylic acids is 1. The highest BCUT2D eigenvalue weighted by atomic mass is 16.5. The maximum absolute atomic E-state index is 13.2. The van der Waals surface area contributed by atoms with Crippen LogP contribution in [-0.2, 0) is 19.1 Å². The number of carboxylic acid groups (broad SMARTS) is 1. The van der Waals surface area contributed by atoms with E-state index in [2.05, 4.69) is 17.4 Å². The number of hydrogen-bond donors (Lipinski definition) is 2. The summed E-state index contributed by atoms with van der Waals surface area (Å²) in [6.45, 7) is 1.18. The lowest BCUT2D eigenvalue weighted by molar-refractivity contribution is -0.138. The number of carbonyl (C=O) groups excluding carboxylic acids is 2. The van der Waals surface area contributed by atoms with E-state index in [0.717, 1.165) is 35.1 Å². The summed E-state index contributed by atoms with van der Waals surface area (Å²) in [5.74, 6) is -1.40. The summed E-state index contributed by atoms with van der Waals surface area (Å²) in [6.07, 6.45) is 1.51. The van der Waals surface area contributed by atoms with Gasteiger partial charge in [0.1, 0.15) is 12.6 Å². The molecule has 1 aliphatic heterocycles. The molecule has 8 nitrogen and oxygen atoms in total. The lowest BCUT2D eigenvalue weighted by Crippen LogP contribution is -2.49. The van der Waals surface area contributed by atoms with E-state index in [1.54, 1.807) is 12.0 Å². The van der Waals surface area contributed by atoms with E-state index in [1.165, 1.54) is 0 Å². The average Bonchev–Trinajstić information content (AvgIpc) is 3.00. The molecule has 0 bridgehead atoms. The molecular formula is C27H32N2O6. The van der Waals surface area contributed by atoms with Crippen molar-refractivity contribution in [3.05, 3.63) is 59.7 Å². The molecule has 4 rings (SSSR count). The van der Waals surface area contributed by atoms with Crippen LogP contribution in [0.1, 0.15) is 49.1 Å². The Morgan fingerprint density at radius 3 is 2.31 bits per heavy atom. The van der Waals surface area contributed by atoms with Crippen LogP contribution in [0.3, 0.4) is 0 Å². The van der Waals surface area contributed by atoms with Crippen LogP contribution in [0.5, 0.6) is 0 Å². The van der Waals surface area contributed by atoms with Crippen molar-refractivity contribution in [3.63, 3.8) is 0 Å². The van der Waals surface area contributed by atoms with Crippen molar-refractivity contribution < 1.29 is 29.0 Å². The molecule has 1 saturated heterocycles. The van der Waals surface area contributed by atoms with Crippen molar-refractivity contribution in [3.8, 4) is 11.1 Å².